The zero-order valence-electron chi connectivity index (χ0n) is 15.2. The van der Waals surface area contributed by atoms with E-state index in [2.05, 4.69) is 25.9 Å². The van der Waals surface area contributed by atoms with Gasteiger partial charge in [0.1, 0.15) is 0 Å². The predicted octanol–water partition coefficient (Wildman–Crippen LogP) is 4.18. The molecule has 0 saturated carbocycles. The summed E-state index contributed by atoms with van der Waals surface area (Å²) < 4.78 is 43.8. The Bertz CT molecular complexity index is 791. The zero-order valence-corrected chi connectivity index (χ0v) is 15.2. The maximum Gasteiger partial charge on any atom is 0.416 e. The minimum atomic E-state index is -4.37. The summed E-state index contributed by atoms with van der Waals surface area (Å²) in [6, 6.07) is 3.78. The van der Waals surface area contributed by atoms with E-state index in [4.69, 9.17) is 4.74 Å². The first kappa shape index (κ1) is 19.2. The van der Waals surface area contributed by atoms with Crippen molar-refractivity contribution in [2.24, 2.45) is 0 Å². The van der Waals surface area contributed by atoms with Gasteiger partial charge in [-0.1, -0.05) is 0 Å². The molecule has 6 nitrogen and oxygen atoms in total. The largest absolute Gasteiger partial charge is 0.416 e. The number of hydrogen-bond donors (Lipinski definition) is 3. The Labute approximate surface area is 155 Å². The van der Waals surface area contributed by atoms with Crippen LogP contribution in [-0.2, 0) is 10.9 Å². The van der Waals surface area contributed by atoms with Gasteiger partial charge in [0.25, 0.3) is 0 Å². The average molecular weight is 381 g/mol. The molecule has 9 heteroatoms. The molecule has 27 heavy (non-hydrogen) atoms. The van der Waals surface area contributed by atoms with Gasteiger partial charge < -0.3 is 20.7 Å². The van der Waals surface area contributed by atoms with Crippen LogP contribution in [0.15, 0.2) is 24.4 Å². The SMILES string of the molecule is CNc1cnc(Nc2ccc(C(F)(F)F)cc2C)nc1NC1CCOCC1. The van der Waals surface area contributed by atoms with Crippen molar-refractivity contribution in [2.75, 3.05) is 36.2 Å². The molecule has 1 aliphatic rings. The van der Waals surface area contributed by atoms with E-state index in [1.807, 2.05) is 0 Å². The van der Waals surface area contributed by atoms with Crippen LogP contribution >= 0.6 is 0 Å². The monoisotopic (exact) mass is 381 g/mol. The molecular formula is C18H22F3N5O. The van der Waals surface area contributed by atoms with Gasteiger partial charge in [-0.25, -0.2) is 4.98 Å². The topological polar surface area (TPSA) is 71.1 Å². The molecule has 3 N–H and O–H groups in total. The summed E-state index contributed by atoms with van der Waals surface area (Å²) >= 11 is 0. The van der Waals surface area contributed by atoms with Crippen molar-refractivity contribution in [2.45, 2.75) is 32.0 Å². The second kappa shape index (κ2) is 7.99. The first-order valence-corrected chi connectivity index (χ1v) is 8.71. The molecule has 1 aliphatic heterocycles. The van der Waals surface area contributed by atoms with Gasteiger partial charge in [-0.15, -0.1) is 0 Å². The molecule has 3 rings (SSSR count). The number of rotatable bonds is 5. The van der Waals surface area contributed by atoms with Crippen molar-refractivity contribution in [3.63, 3.8) is 0 Å². The van der Waals surface area contributed by atoms with E-state index in [9.17, 15) is 13.2 Å². The van der Waals surface area contributed by atoms with E-state index in [1.165, 1.54) is 6.07 Å². The smallest absolute Gasteiger partial charge is 0.384 e. The highest BCUT2D eigenvalue weighted by molar-refractivity contribution is 5.67. The van der Waals surface area contributed by atoms with Crippen LogP contribution in [0.4, 0.5) is 36.3 Å². The van der Waals surface area contributed by atoms with Crippen LogP contribution < -0.4 is 16.0 Å². The van der Waals surface area contributed by atoms with Gasteiger partial charge in [0.05, 0.1) is 17.4 Å². The molecule has 146 valence electrons. The summed E-state index contributed by atoms with van der Waals surface area (Å²) in [6.07, 6.45) is -0.965. The van der Waals surface area contributed by atoms with Gasteiger partial charge in [0.2, 0.25) is 5.95 Å². The van der Waals surface area contributed by atoms with Crippen LogP contribution in [0.5, 0.6) is 0 Å². The van der Waals surface area contributed by atoms with E-state index in [0.717, 1.165) is 30.7 Å². The second-order valence-electron chi connectivity index (χ2n) is 6.39. The lowest BCUT2D eigenvalue weighted by Crippen LogP contribution is -2.28. The molecule has 2 heterocycles. The van der Waals surface area contributed by atoms with Gasteiger partial charge in [-0.05, 0) is 43.5 Å². The number of aryl methyl sites for hydroxylation is 1. The molecule has 1 aromatic carbocycles. The number of aromatic nitrogens is 2. The first-order valence-electron chi connectivity index (χ1n) is 8.71. The summed E-state index contributed by atoms with van der Waals surface area (Å²) in [5.41, 5.74) is 1.05. The Morgan fingerprint density at radius 1 is 1.15 bits per heavy atom. The summed E-state index contributed by atoms with van der Waals surface area (Å²) in [4.78, 5) is 8.73. The number of nitrogens with zero attached hydrogens (tertiary/aromatic N) is 2. The van der Waals surface area contributed by atoms with Gasteiger partial charge in [0, 0.05) is 32.0 Å². The van der Waals surface area contributed by atoms with E-state index < -0.39 is 11.7 Å². The van der Waals surface area contributed by atoms with Crippen molar-refractivity contribution >= 4 is 23.1 Å². The van der Waals surface area contributed by atoms with Crippen LogP contribution in [0.1, 0.15) is 24.0 Å². The fourth-order valence-corrected chi connectivity index (χ4v) is 2.87. The molecule has 1 aromatic heterocycles. The van der Waals surface area contributed by atoms with Gasteiger partial charge >= 0.3 is 6.18 Å². The van der Waals surface area contributed by atoms with Gasteiger partial charge in [-0.3, -0.25) is 0 Å². The fourth-order valence-electron chi connectivity index (χ4n) is 2.87. The highest BCUT2D eigenvalue weighted by Crippen LogP contribution is 2.32. The molecule has 0 spiro atoms. The maximum absolute atomic E-state index is 12.8. The lowest BCUT2D eigenvalue weighted by molar-refractivity contribution is -0.137. The Kier molecular flexibility index (Phi) is 5.69. The summed E-state index contributed by atoms with van der Waals surface area (Å²) in [7, 11) is 1.78. The van der Waals surface area contributed by atoms with Crippen molar-refractivity contribution < 1.29 is 17.9 Å². The Morgan fingerprint density at radius 2 is 1.89 bits per heavy atom. The lowest BCUT2D eigenvalue weighted by Gasteiger charge is -2.24. The summed E-state index contributed by atoms with van der Waals surface area (Å²) in [5.74, 6) is 0.956. The number of alkyl halides is 3. The standard InChI is InChI=1S/C18H22F3N5O/c1-11-9-12(18(19,20)21)3-4-14(11)25-17-23-10-15(22-2)16(26-17)24-13-5-7-27-8-6-13/h3-4,9-10,13,22H,5-8H2,1-2H3,(H2,23,24,25,26). The minimum absolute atomic E-state index is 0.251. The van der Waals surface area contributed by atoms with Crippen LogP contribution in [-0.4, -0.2) is 36.3 Å². The fraction of sp³-hybridized carbons (Fsp3) is 0.444. The molecule has 0 unspecified atom stereocenters. The van der Waals surface area contributed by atoms with E-state index in [1.54, 1.807) is 20.2 Å². The molecule has 0 aliphatic carbocycles. The lowest BCUT2D eigenvalue weighted by atomic mass is 10.1. The number of anilines is 4. The highest BCUT2D eigenvalue weighted by atomic mass is 19.4. The maximum atomic E-state index is 12.8. The molecule has 1 saturated heterocycles. The van der Waals surface area contributed by atoms with Crippen LogP contribution in [0.25, 0.3) is 0 Å². The summed E-state index contributed by atoms with van der Waals surface area (Å²) in [6.45, 7) is 3.02. The Hall–Kier alpha value is -2.55. The normalized spacial score (nSPS) is 15.4. The van der Waals surface area contributed by atoms with Crippen molar-refractivity contribution in [1.82, 2.24) is 9.97 Å². The van der Waals surface area contributed by atoms with E-state index in [0.29, 0.717) is 36.2 Å². The Morgan fingerprint density at radius 3 is 2.52 bits per heavy atom. The van der Waals surface area contributed by atoms with Crippen LogP contribution in [0.3, 0.4) is 0 Å². The molecule has 0 amide bonds. The molecule has 2 aromatic rings. The third-order valence-corrected chi connectivity index (χ3v) is 4.42. The van der Waals surface area contributed by atoms with Crippen molar-refractivity contribution in [1.29, 1.82) is 0 Å². The van der Waals surface area contributed by atoms with E-state index in [-0.39, 0.29) is 6.04 Å². The average Bonchev–Trinajstić information content (AvgIpc) is 2.64. The van der Waals surface area contributed by atoms with Gasteiger partial charge in [-0.2, -0.15) is 18.2 Å². The number of benzene rings is 1. The molecule has 0 atom stereocenters. The van der Waals surface area contributed by atoms with E-state index >= 15 is 0 Å². The van der Waals surface area contributed by atoms with Crippen LogP contribution in [0.2, 0.25) is 0 Å². The second-order valence-corrected chi connectivity index (χ2v) is 6.39. The third kappa shape index (κ3) is 4.79. The quantitative estimate of drug-likeness (QED) is 0.722. The molecular weight excluding hydrogens is 359 g/mol. The minimum Gasteiger partial charge on any atom is -0.384 e. The van der Waals surface area contributed by atoms with Gasteiger partial charge in [0.15, 0.2) is 5.82 Å². The predicted molar refractivity (Wildman–Crippen MR) is 98.5 cm³/mol. The molecule has 0 radical (unpaired) electrons. The first-order chi connectivity index (χ1) is 12.9. The molecule has 1 fully saturated rings. The number of ether oxygens (including phenoxy) is 1. The molecule has 0 bridgehead atoms. The van der Waals surface area contributed by atoms with Crippen LogP contribution in [0, 0.1) is 6.92 Å². The van der Waals surface area contributed by atoms with Crippen molar-refractivity contribution in [3.05, 3.63) is 35.5 Å². The van der Waals surface area contributed by atoms with Crippen molar-refractivity contribution in [3.8, 4) is 0 Å². The number of nitrogens with one attached hydrogen (secondary N) is 3. The highest BCUT2D eigenvalue weighted by Gasteiger charge is 2.30. The third-order valence-electron chi connectivity index (χ3n) is 4.42. The Balaban J connectivity index is 1.79. The number of hydrogen-bond acceptors (Lipinski definition) is 6. The zero-order chi connectivity index (χ0) is 19.4. The number of halogens is 3. The summed E-state index contributed by atoms with van der Waals surface area (Å²) in [5, 5.41) is 9.43.